The van der Waals surface area contributed by atoms with Gasteiger partial charge in [0.05, 0.1) is 11.5 Å². The van der Waals surface area contributed by atoms with Gasteiger partial charge in [-0.25, -0.2) is 4.79 Å². The number of aromatic carboxylic acids is 1. The molecule has 3 N–H and O–H groups in total. The summed E-state index contributed by atoms with van der Waals surface area (Å²) in [7, 11) is 0. The highest BCUT2D eigenvalue weighted by Crippen LogP contribution is 2.21. The Hall–Kier alpha value is -1.89. The number of hydrogen-bond donors (Lipinski definition) is 3. The summed E-state index contributed by atoms with van der Waals surface area (Å²) in [5.41, 5.74) is 0. The predicted octanol–water partition coefficient (Wildman–Crippen LogP) is 0.521. The SMILES string of the molecule is CC(=O)NCC(=O)Nc1ccc(C(=O)O)s1. The molecule has 0 radical (unpaired) electrons. The minimum atomic E-state index is -1.03. The fraction of sp³-hybridized carbons (Fsp3) is 0.222. The van der Waals surface area contributed by atoms with Crippen LogP contribution in [0.2, 0.25) is 0 Å². The highest BCUT2D eigenvalue weighted by atomic mass is 32.1. The Balaban J connectivity index is 2.49. The molecule has 16 heavy (non-hydrogen) atoms. The molecule has 1 aromatic rings. The van der Waals surface area contributed by atoms with Gasteiger partial charge in [-0.1, -0.05) is 0 Å². The molecule has 7 heteroatoms. The molecule has 1 aromatic heterocycles. The lowest BCUT2D eigenvalue weighted by molar-refractivity contribution is -0.122. The van der Waals surface area contributed by atoms with Crippen molar-refractivity contribution in [2.75, 3.05) is 11.9 Å². The number of carboxylic acids is 1. The Kier molecular flexibility index (Phi) is 4.01. The van der Waals surface area contributed by atoms with Gasteiger partial charge in [-0.3, -0.25) is 9.59 Å². The molecule has 2 amide bonds. The summed E-state index contributed by atoms with van der Waals surface area (Å²) in [6.07, 6.45) is 0. The first-order valence-corrected chi connectivity index (χ1v) is 5.18. The van der Waals surface area contributed by atoms with Gasteiger partial charge in [0, 0.05) is 6.92 Å². The van der Waals surface area contributed by atoms with E-state index in [9.17, 15) is 14.4 Å². The molecule has 0 aliphatic carbocycles. The first-order chi connectivity index (χ1) is 7.49. The maximum atomic E-state index is 11.2. The van der Waals surface area contributed by atoms with Gasteiger partial charge < -0.3 is 15.7 Å². The van der Waals surface area contributed by atoms with Crippen molar-refractivity contribution >= 4 is 34.1 Å². The lowest BCUT2D eigenvalue weighted by Crippen LogP contribution is -2.30. The van der Waals surface area contributed by atoms with E-state index >= 15 is 0 Å². The smallest absolute Gasteiger partial charge is 0.345 e. The van der Waals surface area contributed by atoms with Crippen LogP contribution < -0.4 is 10.6 Å². The average molecular weight is 242 g/mol. The molecule has 1 rings (SSSR count). The summed E-state index contributed by atoms with van der Waals surface area (Å²) >= 11 is 0.959. The molecule has 0 bridgehead atoms. The van der Waals surface area contributed by atoms with Crippen LogP contribution in [0.15, 0.2) is 12.1 Å². The van der Waals surface area contributed by atoms with E-state index in [1.54, 1.807) is 0 Å². The molecule has 0 fully saturated rings. The maximum absolute atomic E-state index is 11.2. The summed E-state index contributed by atoms with van der Waals surface area (Å²) in [6.45, 7) is 1.18. The molecule has 6 nitrogen and oxygen atoms in total. The number of nitrogens with one attached hydrogen (secondary N) is 2. The van der Waals surface area contributed by atoms with Crippen molar-refractivity contribution in [3.63, 3.8) is 0 Å². The second-order valence-electron chi connectivity index (χ2n) is 2.93. The zero-order valence-corrected chi connectivity index (χ0v) is 9.26. The van der Waals surface area contributed by atoms with E-state index in [-0.39, 0.29) is 17.3 Å². The lowest BCUT2D eigenvalue weighted by atomic mass is 10.4. The topological polar surface area (TPSA) is 95.5 Å². The van der Waals surface area contributed by atoms with E-state index in [1.807, 2.05) is 0 Å². The molecular weight excluding hydrogens is 232 g/mol. The van der Waals surface area contributed by atoms with Crippen LogP contribution in [-0.2, 0) is 9.59 Å². The lowest BCUT2D eigenvalue weighted by Gasteiger charge is -2.02. The summed E-state index contributed by atoms with van der Waals surface area (Å²) in [5.74, 6) is -1.73. The van der Waals surface area contributed by atoms with Crippen molar-refractivity contribution in [2.45, 2.75) is 6.92 Å². The highest BCUT2D eigenvalue weighted by molar-refractivity contribution is 7.18. The van der Waals surface area contributed by atoms with E-state index in [1.165, 1.54) is 19.1 Å². The first kappa shape index (κ1) is 12.2. The van der Waals surface area contributed by atoms with Crippen molar-refractivity contribution < 1.29 is 19.5 Å². The molecular formula is C9H10N2O4S. The van der Waals surface area contributed by atoms with Crippen LogP contribution in [0.4, 0.5) is 5.00 Å². The number of thiophene rings is 1. The standard InChI is InChI=1S/C9H10N2O4S/c1-5(12)10-4-7(13)11-8-3-2-6(16-8)9(14)15/h2-3H,4H2,1H3,(H,10,12)(H,11,13)(H,14,15). The second-order valence-corrected chi connectivity index (χ2v) is 4.01. The van der Waals surface area contributed by atoms with Crippen LogP contribution in [0, 0.1) is 0 Å². The Labute approximate surface area is 95.3 Å². The minimum Gasteiger partial charge on any atom is -0.477 e. The molecule has 0 aliphatic heterocycles. The van der Waals surface area contributed by atoms with E-state index in [0.717, 1.165) is 11.3 Å². The van der Waals surface area contributed by atoms with E-state index in [0.29, 0.717) is 5.00 Å². The van der Waals surface area contributed by atoms with Crippen molar-refractivity contribution in [1.82, 2.24) is 5.32 Å². The fourth-order valence-electron chi connectivity index (χ4n) is 0.906. The van der Waals surface area contributed by atoms with Crippen molar-refractivity contribution in [3.8, 4) is 0 Å². The number of carboxylic acid groups (broad SMARTS) is 1. The maximum Gasteiger partial charge on any atom is 0.345 e. The van der Waals surface area contributed by atoms with Crippen molar-refractivity contribution in [2.24, 2.45) is 0 Å². The Bertz CT molecular complexity index is 427. The van der Waals surface area contributed by atoms with Gasteiger partial charge in [0.25, 0.3) is 0 Å². The minimum absolute atomic E-state index is 0.129. The summed E-state index contributed by atoms with van der Waals surface area (Å²) in [5, 5.41) is 13.9. The van der Waals surface area contributed by atoms with Crippen LogP contribution in [0.1, 0.15) is 16.6 Å². The number of carbonyl (C=O) groups is 3. The van der Waals surface area contributed by atoms with E-state index in [4.69, 9.17) is 5.11 Å². The van der Waals surface area contributed by atoms with Crippen LogP contribution in [-0.4, -0.2) is 29.4 Å². The highest BCUT2D eigenvalue weighted by Gasteiger charge is 2.09. The molecule has 0 spiro atoms. The van der Waals surface area contributed by atoms with Crippen LogP contribution in [0.25, 0.3) is 0 Å². The van der Waals surface area contributed by atoms with Crippen molar-refractivity contribution in [3.05, 3.63) is 17.0 Å². The van der Waals surface area contributed by atoms with Gasteiger partial charge in [-0.2, -0.15) is 0 Å². The van der Waals surface area contributed by atoms with E-state index < -0.39 is 11.9 Å². The number of carbonyl (C=O) groups excluding carboxylic acids is 2. The van der Waals surface area contributed by atoms with Crippen LogP contribution in [0.3, 0.4) is 0 Å². The van der Waals surface area contributed by atoms with Gasteiger partial charge in [0.15, 0.2) is 0 Å². The summed E-state index contributed by atoms with van der Waals surface area (Å²) in [4.78, 5) is 32.5. The third-order valence-corrected chi connectivity index (χ3v) is 2.57. The van der Waals surface area contributed by atoms with Crippen LogP contribution >= 0.6 is 11.3 Å². The molecule has 1 heterocycles. The number of hydrogen-bond acceptors (Lipinski definition) is 4. The molecule has 0 unspecified atom stereocenters. The largest absolute Gasteiger partial charge is 0.477 e. The number of amides is 2. The average Bonchev–Trinajstić information content (AvgIpc) is 2.63. The van der Waals surface area contributed by atoms with Crippen LogP contribution in [0.5, 0.6) is 0 Å². The second kappa shape index (κ2) is 5.26. The summed E-state index contributed by atoms with van der Waals surface area (Å²) < 4.78 is 0. The molecule has 0 atom stereocenters. The quantitative estimate of drug-likeness (QED) is 0.717. The zero-order chi connectivity index (χ0) is 12.1. The van der Waals surface area contributed by atoms with Crippen molar-refractivity contribution in [1.29, 1.82) is 0 Å². The molecule has 86 valence electrons. The normalized spacial score (nSPS) is 9.56. The van der Waals surface area contributed by atoms with Gasteiger partial charge in [-0.15, -0.1) is 11.3 Å². The predicted molar refractivity (Wildman–Crippen MR) is 58.6 cm³/mol. The zero-order valence-electron chi connectivity index (χ0n) is 8.44. The number of anilines is 1. The molecule has 0 aromatic carbocycles. The molecule has 0 saturated carbocycles. The van der Waals surface area contributed by atoms with Gasteiger partial charge in [-0.05, 0) is 12.1 Å². The van der Waals surface area contributed by atoms with Gasteiger partial charge in [0.1, 0.15) is 4.88 Å². The molecule has 0 aliphatic rings. The molecule has 0 saturated heterocycles. The third kappa shape index (κ3) is 3.70. The Morgan fingerprint density at radius 2 is 2.06 bits per heavy atom. The monoisotopic (exact) mass is 242 g/mol. The Morgan fingerprint density at radius 1 is 1.38 bits per heavy atom. The van der Waals surface area contributed by atoms with Gasteiger partial charge in [0.2, 0.25) is 11.8 Å². The fourth-order valence-corrected chi connectivity index (χ4v) is 1.67. The number of rotatable bonds is 4. The van der Waals surface area contributed by atoms with E-state index in [2.05, 4.69) is 10.6 Å². The van der Waals surface area contributed by atoms with Gasteiger partial charge >= 0.3 is 5.97 Å². The third-order valence-electron chi connectivity index (χ3n) is 1.58. The first-order valence-electron chi connectivity index (χ1n) is 4.36. The summed E-state index contributed by atoms with van der Waals surface area (Å²) in [6, 6.07) is 2.90. The Morgan fingerprint density at radius 3 is 2.56 bits per heavy atom.